The first-order valence-corrected chi connectivity index (χ1v) is 11.6. The molecule has 1 aliphatic heterocycles. The van der Waals surface area contributed by atoms with E-state index in [0.29, 0.717) is 29.7 Å². The second-order valence-electron chi connectivity index (χ2n) is 7.17. The number of hydrogen-bond acceptors (Lipinski definition) is 5. The summed E-state index contributed by atoms with van der Waals surface area (Å²) in [6, 6.07) is 14.7. The number of nitrogens with one attached hydrogen (secondary N) is 1. The lowest BCUT2D eigenvalue weighted by Gasteiger charge is -2.34. The Balaban J connectivity index is 1.54. The molecule has 0 spiro atoms. The number of H-pyrrole nitrogens is 1. The Labute approximate surface area is 175 Å². The number of morpholine rings is 1. The topological polar surface area (TPSA) is 75.3 Å². The van der Waals surface area contributed by atoms with E-state index < -0.39 is 9.84 Å². The molecule has 0 unspecified atom stereocenters. The van der Waals surface area contributed by atoms with E-state index in [1.54, 1.807) is 12.1 Å². The third kappa shape index (κ3) is 4.70. The van der Waals surface area contributed by atoms with E-state index in [2.05, 4.69) is 14.9 Å². The van der Waals surface area contributed by atoms with Gasteiger partial charge in [-0.05, 0) is 29.8 Å². The van der Waals surface area contributed by atoms with Crippen molar-refractivity contribution in [2.45, 2.75) is 17.5 Å². The van der Waals surface area contributed by atoms with Gasteiger partial charge in [-0.25, -0.2) is 13.4 Å². The van der Waals surface area contributed by atoms with E-state index >= 15 is 0 Å². The van der Waals surface area contributed by atoms with Gasteiger partial charge in [0, 0.05) is 29.9 Å². The van der Waals surface area contributed by atoms with Crippen molar-refractivity contribution in [1.82, 2.24) is 14.9 Å². The van der Waals surface area contributed by atoms with Crippen LogP contribution in [0.4, 0.5) is 0 Å². The monoisotopic (exact) mass is 431 g/mol. The number of halogens is 1. The fraction of sp³-hybridized carbons (Fsp3) is 0.286. The van der Waals surface area contributed by atoms with Gasteiger partial charge in [0.1, 0.15) is 5.82 Å². The summed E-state index contributed by atoms with van der Waals surface area (Å²) in [6.45, 7) is 2.65. The van der Waals surface area contributed by atoms with E-state index in [1.165, 1.54) is 6.26 Å². The van der Waals surface area contributed by atoms with E-state index in [-0.39, 0.29) is 6.04 Å². The fourth-order valence-corrected chi connectivity index (χ4v) is 4.29. The highest BCUT2D eigenvalue weighted by Gasteiger charge is 2.27. The summed E-state index contributed by atoms with van der Waals surface area (Å²) in [5.74, 6) is 0.840. The summed E-state index contributed by atoms with van der Waals surface area (Å²) >= 11 is 6.10. The Morgan fingerprint density at radius 1 is 1.24 bits per heavy atom. The fourth-order valence-electron chi connectivity index (χ4n) is 3.46. The van der Waals surface area contributed by atoms with Crippen LogP contribution >= 0.6 is 11.6 Å². The second-order valence-corrected chi connectivity index (χ2v) is 9.62. The summed E-state index contributed by atoms with van der Waals surface area (Å²) < 4.78 is 29.0. The average molecular weight is 432 g/mol. The highest BCUT2D eigenvalue weighted by atomic mass is 35.5. The SMILES string of the molecule is CS(=O)(=O)c1ccc(CN2CCOC[C@H]2c2ncc(-c3cccc(Cl)c3)[nH]2)cc1. The molecule has 4 rings (SSSR count). The smallest absolute Gasteiger partial charge is 0.175 e. The molecule has 0 aliphatic carbocycles. The molecule has 1 fully saturated rings. The molecule has 1 N–H and O–H groups in total. The molecule has 1 saturated heterocycles. The van der Waals surface area contributed by atoms with Crippen LogP contribution in [0.1, 0.15) is 17.4 Å². The molecule has 1 aromatic heterocycles. The number of nitrogens with zero attached hydrogens (tertiary/aromatic N) is 2. The van der Waals surface area contributed by atoms with Crippen LogP contribution in [0.25, 0.3) is 11.3 Å². The maximum Gasteiger partial charge on any atom is 0.175 e. The van der Waals surface area contributed by atoms with Gasteiger partial charge in [0.25, 0.3) is 0 Å². The number of aromatic amines is 1. The van der Waals surface area contributed by atoms with Gasteiger partial charge in [-0.15, -0.1) is 0 Å². The lowest BCUT2D eigenvalue weighted by molar-refractivity contribution is -0.0156. The van der Waals surface area contributed by atoms with Crippen LogP contribution in [-0.2, 0) is 21.1 Å². The predicted octanol–water partition coefficient (Wildman–Crippen LogP) is 3.71. The Morgan fingerprint density at radius 2 is 2.03 bits per heavy atom. The lowest BCUT2D eigenvalue weighted by Crippen LogP contribution is -2.39. The van der Waals surface area contributed by atoms with Crippen molar-refractivity contribution in [3.05, 3.63) is 71.1 Å². The zero-order valence-corrected chi connectivity index (χ0v) is 17.6. The van der Waals surface area contributed by atoms with Crippen molar-refractivity contribution >= 4 is 21.4 Å². The molecule has 1 atom stereocenters. The van der Waals surface area contributed by atoms with Gasteiger partial charge in [0.2, 0.25) is 0 Å². The molecule has 152 valence electrons. The molecule has 0 radical (unpaired) electrons. The lowest BCUT2D eigenvalue weighted by atomic mass is 10.1. The Morgan fingerprint density at radius 3 is 2.76 bits per heavy atom. The zero-order chi connectivity index (χ0) is 20.4. The minimum atomic E-state index is -3.19. The van der Waals surface area contributed by atoms with Crippen LogP contribution < -0.4 is 0 Å². The van der Waals surface area contributed by atoms with Crippen LogP contribution in [0.5, 0.6) is 0 Å². The quantitative estimate of drug-likeness (QED) is 0.666. The number of imidazole rings is 1. The van der Waals surface area contributed by atoms with Crippen LogP contribution in [0.2, 0.25) is 5.02 Å². The Bertz CT molecular complexity index is 1100. The standard InChI is InChI=1S/C21H22ClN3O3S/c1-29(26,27)18-7-5-15(6-8-18)13-25-9-10-28-14-20(25)21-23-12-19(24-21)16-3-2-4-17(22)11-16/h2-8,11-12,20H,9-10,13-14H2,1H3,(H,23,24)/t20-/m0/s1. The maximum absolute atomic E-state index is 11.7. The highest BCUT2D eigenvalue weighted by Crippen LogP contribution is 2.27. The minimum Gasteiger partial charge on any atom is -0.378 e. The van der Waals surface area contributed by atoms with Crippen molar-refractivity contribution in [2.24, 2.45) is 0 Å². The molecule has 2 heterocycles. The number of sulfone groups is 1. The number of rotatable bonds is 5. The van der Waals surface area contributed by atoms with Gasteiger partial charge >= 0.3 is 0 Å². The first kappa shape index (κ1) is 20.1. The summed E-state index contributed by atoms with van der Waals surface area (Å²) in [5.41, 5.74) is 2.94. The van der Waals surface area contributed by atoms with E-state index in [1.807, 2.05) is 42.6 Å². The van der Waals surface area contributed by atoms with Gasteiger partial charge in [-0.2, -0.15) is 0 Å². The number of benzene rings is 2. The molecule has 6 nitrogen and oxygen atoms in total. The highest BCUT2D eigenvalue weighted by molar-refractivity contribution is 7.90. The summed E-state index contributed by atoms with van der Waals surface area (Å²) in [4.78, 5) is 10.6. The number of ether oxygens (including phenoxy) is 1. The van der Waals surface area contributed by atoms with Crippen LogP contribution in [0.15, 0.2) is 59.6 Å². The summed E-state index contributed by atoms with van der Waals surface area (Å²) in [7, 11) is -3.19. The minimum absolute atomic E-state index is 0.00808. The van der Waals surface area contributed by atoms with Gasteiger partial charge in [0.05, 0.1) is 36.0 Å². The summed E-state index contributed by atoms with van der Waals surface area (Å²) in [6.07, 6.45) is 3.03. The normalized spacial score (nSPS) is 18.1. The molecule has 3 aromatic rings. The van der Waals surface area contributed by atoms with Crippen molar-refractivity contribution in [1.29, 1.82) is 0 Å². The van der Waals surface area contributed by atoms with Gasteiger partial charge < -0.3 is 9.72 Å². The molecule has 0 amide bonds. The first-order valence-electron chi connectivity index (χ1n) is 9.32. The Hall–Kier alpha value is -2.19. The van der Waals surface area contributed by atoms with Gasteiger partial charge in [0.15, 0.2) is 9.84 Å². The van der Waals surface area contributed by atoms with E-state index in [0.717, 1.165) is 29.2 Å². The van der Waals surface area contributed by atoms with Crippen LogP contribution in [0.3, 0.4) is 0 Å². The Kier molecular flexibility index (Phi) is 5.74. The van der Waals surface area contributed by atoms with Crippen molar-refractivity contribution < 1.29 is 13.2 Å². The van der Waals surface area contributed by atoms with Crippen molar-refractivity contribution in [2.75, 3.05) is 26.0 Å². The first-order chi connectivity index (χ1) is 13.9. The van der Waals surface area contributed by atoms with Crippen molar-refractivity contribution in [3.8, 4) is 11.3 Å². The molecule has 1 aliphatic rings. The summed E-state index contributed by atoms with van der Waals surface area (Å²) in [5, 5.41) is 0.679. The van der Waals surface area contributed by atoms with Crippen LogP contribution in [0, 0.1) is 0 Å². The molecule has 2 aromatic carbocycles. The van der Waals surface area contributed by atoms with E-state index in [4.69, 9.17) is 16.3 Å². The molecular weight excluding hydrogens is 410 g/mol. The molecule has 0 saturated carbocycles. The third-order valence-corrected chi connectivity index (χ3v) is 6.39. The molecular formula is C21H22ClN3O3S. The molecule has 29 heavy (non-hydrogen) atoms. The van der Waals surface area contributed by atoms with Crippen LogP contribution in [-0.4, -0.2) is 49.3 Å². The van der Waals surface area contributed by atoms with Crippen molar-refractivity contribution in [3.63, 3.8) is 0 Å². The van der Waals surface area contributed by atoms with Gasteiger partial charge in [-0.3, -0.25) is 4.90 Å². The largest absolute Gasteiger partial charge is 0.378 e. The molecule has 8 heteroatoms. The zero-order valence-electron chi connectivity index (χ0n) is 16.0. The van der Waals surface area contributed by atoms with Gasteiger partial charge in [-0.1, -0.05) is 35.9 Å². The van der Waals surface area contributed by atoms with E-state index in [9.17, 15) is 8.42 Å². The maximum atomic E-state index is 11.7. The predicted molar refractivity (Wildman–Crippen MR) is 113 cm³/mol. The third-order valence-electron chi connectivity index (χ3n) is 5.02. The number of hydrogen-bond donors (Lipinski definition) is 1. The molecule has 0 bridgehead atoms. The average Bonchev–Trinajstić information content (AvgIpc) is 3.18. The number of aromatic nitrogens is 2. The second kappa shape index (κ2) is 8.28.